The summed E-state index contributed by atoms with van der Waals surface area (Å²) in [6.45, 7) is 5.56. The SMILES string of the molecule is CCN1CCCCC1Cc1noc(CCCNC)n1. The third-order valence-electron chi connectivity index (χ3n) is 3.90. The summed E-state index contributed by atoms with van der Waals surface area (Å²) in [5, 5.41) is 7.25. The molecule has 5 heteroatoms. The van der Waals surface area contributed by atoms with E-state index in [1.165, 1.54) is 25.8 Å². The summed E-state index contributed by atoms with van der Waals surface area (Å²) in [5.74, 6) is 1.66. The number of likely N-dealkylation sites (N-methyl/N-ethyl adjacent to an activating group) is 1. The van der Waals surface area contributed by atoms with Gasteiger partial charge in [0, 0.05) is 18.9 Å². The van der Waals surface area contributed by atoms with Crippen LogP contribution in [0.25, 0.3) is 0 Å². The van der Waals surface area contributed by atoms with Crippen LogP contribution >= 0.6 is 0 Å². The standard InChI is InChI=1S/C14H26N4O/c1-3-18-10-5-4-7-12(18)11-13-16-14(19-17-13)8-6-9-15-2/h12,15H,3-11H2,1-2H3. The molecule has 0 bridgehead atoms. The van der Waals surface area contributed by atoms with Gasteiger partial charge in [-0.25, -0.2) is 0 Å². The summed E-state index contributed by atoms with van der Waals surface area (Å²) in [5.41, 5.74) is 0. The van der Waals surface area contributed by atoms with Gasteiger partial charge in [0.1, 0.15) is 0 Å². The Bertz CT molecular complexity index is 366. The number of likely N-dealkylation sites (tertiary alicyclic amines) is 1. The fourth-order valence-electron chi connectivity index (χ4n) is 2.81. The molecule has 2 heterocycles. The van der Waals surface area contributed by atoms with Gasteiger partial charge in [-0.2, -0.15) is 4.98 Å². The van der Waals surface area contributed by atoms with Crippen molar-refractivity contribution in [1.29, 1.82) is 0 Å². The second-order valence-electron chi connectivity index (χ2n) is 5.29. The van der Waals surface area contributed by atoms with Crippen LogP contribution in [0.3, 0.4) is 0 Å². The van der Waals surface area contributed by atoms with E-state index in [-0.39, 0.29) is 0 Å². The van der Waals surface area contributed by atoms with E-state index in [0.29, 0.717) is 6.04 Å². The van der Waals surface area contributed by atoms with Crippen LogP contribution in [0, 0.1) is 0 Å². The molecule has 5 nitrogen and oxygen atoms in total. The fraction of sp³-hybridized carbons (Fsp3) is 0.857. The molecule has 1 saturated heterocycles. The molecule has 2 rings (SSSR count). The minimum Gasteiger partial charge on any atom is -0.339 e. The molecule has 1 unspecified atom stereocenters. The van der Waals surface area contributed by atoms with Gasteiger partial charge in [0.2, 0.25) is 5.89 Å². The van der Waals surface area contributed by atoms with Crippen molar-refractivity contribution in [2.75, 3.05) is 26.7 Å². The first-order chi connectivity index (χ1) is 9.33. The van der Waals surface area contributed by atoms with Crippen LogP contribution in [0.4, 0.5) is 0 Å². The Hall–Kier alpha value is -0.940. The molecule has 0 spiro atoms. The molecule has 19 heavy (non-hydrogen) atoms. The van der Waals surface area contributed by atoms with Crippen LogP contribution in [0.2, 0.25) is 0 Å². The molecule has 0 aromatic carbocycles. The number of aryl methyl sites for hydroxylation is 1. The number of hydrogen-bond donors (Lipinski definition) is 1. The summed E-state index contributed by atoms with van der Waals surface area (Å²) in [6.07, 6.45) is 6.76. The summed E-state index contributed by atoms with van der Waals surface area (Å²) in [6, 6.07) is 0.599. The Kier molecular flexibility index (Phi) is 5.79. The van der Waals surface area contributed by atoms with Gasteiger partial charge in [0.15, 0.2) is 5.82 Å². The maximum absolute atomic E-state index is 5.31. The van der Waals surface area contributed by atoms with E-state index in [0.717, 1.165) is 44.1 Å². The number of aromatic nitrogens is 2. The molecule has 1 aromatic rings. The van der Waals surface area contributed by atoms with Crippen LogP contribution in [0.5, 0.6) is 0 Å². The first-order valence-corrected chi connectivity index (χ1v) is 7.53. The second-order valence-corrected chi connectivity index (χ2v) is 5.29. The lowest BCUT2D eigenvalue weighted by atomic mass is 9.99. The monoisotopic (exact) mass is 266 g/mol. The number of nitrogens with zero attached hydrogens (tertiary/aromatic N) is 3. The third kappa shape index (κ3) is 4.28. The van der Waals surface area contributed by atoms with E-state index in [1.54, 1.807) is 0 Å². The Morgan fingerprint density at radius 2 is 2.32 bits per heavy atom. The summed E-state index contributed by atoms with van der Waals surface area (Å²) in [7, 11) is 1.96. The third-order valence-corrected chi connectivity index (χ3v) is 3.90. The summed E-state index contributed by atoms with van der Waals surface area (Å²) in [4.78, 5) is 7.05. The van der Waals surface area contributed by atoms with Crippen molar-refractivity contribution < 1.29 is 4.52 Å². The number of nitrogens with one attached hydrogen (secondary N) is 1. The van der Waals surface area contributed by atoms with Crippen molar-refractivity contribution in [1.82, 2.24) is 20.4 Å². The molecule has 108 valence electrons. The fourth-order valence-corrected chi connectivity index (χ4v) is 2.81. The van der Waals surface area contributed by atoms with E-state index in [2.05, 4.69) is 27.3 Å². The highest BCUT2D eigenvalue weighted by atomic mass is 16.5. The van der Waals surface area contributed by atoms with Gasteiger partial charge in [-0.1, -0.05) is 18.5 Å². The molecule has 0 aliphatic carbocycles. The zero-order valence-corrected chi connectivity index (χ0v) is 12.2. The van der Waals surface area contributed by atoms with E-state index >= 15 is 0 Å². The van der Waals surface area contributed by atoms with Crippen LogP contribution in [-0.4, -0.2) is 47.8 Å². The van der Waals surface area contributed by atoms with E-state index < -0.39 is 0 Å². The molecular weight excluding hydrogens is 240 g/mol. The van der Waals surface area contributed by atoms with Crippen LogP contribution < -0.4 is 5.32 Å². The molecular formula is C14H26N4O. The largest absolute Gasteiger partial charge is 0.339 e. The number of hydrogen-bond acceptors (Lipinski definition) is 5. The molecule has 0 radical (unpaired) electrons. The molecule has 0 saturated carbocycles. The van der Waals surface area contributed by atoms with Gasteiger partial charge in [0.05, 0.1) is 0 Å². The van der Waals surface area contributed by atoms with Gasteiger partial charge >= 0.3 is 0 Å². The van der Waals surface area contributed by atoms with Crippen LogP contribution in [-0.2, 0) is 12.8 Å². The van der Waals surface area contributed by atoms with Gasteiger partial charge < -0.3 is 14.7 Å². The normalized spacial score (nSPS) is 20.8. The minimum atomic E-state index is 0.599. The molecule has 1 N–H and O–H groups in total. The van der Waals surface area contributed by atoms with Crippen LogP contribution in [0.15, 0.2) is 4.52 Å². The molecule has 1 atom stereocenters. The Balaban J connectivity index is 1.84. The van der Waals surface area contributed by atoms with Crippen molar-refractivity contribution in [3.05, 3.63) is 11.7 Å². The van der Waals surface area contributed by atoms with Crippen molar-refractivity contribution in [2.45, 2.75) is 51.5 Å². The number of piperidine rings is 1. The molecule has 1 aromatic heterocycles. The highest BCUT2D eigenvalue weighted by Gasteiger charge is 2.23. The van der Waals surface area contributed by atoms with Crippen molar-refractivity contribution in [2.24, 2.45) is 0 Å². The number of rotatable bonds is 7. The lowest BCUT2D eigenvalue weighted by Gasteiger charge is -2.34. The van der Waals surface area contributed by atoms with Crippen molar-refractivity contribution in [3.8, 4) is 0 Å². The summed E-state index contributed by atoms with van der Waals surface area (Å²) >= 11 is 0. The maximum Gasteiger partial charge on any atom is 0.226 e. The Labute approximate surface area is 115 Å². The molecule has 0 amide bonds. The Morgan fingerprint density at radius 3 is 3.11 bits per heavy atom. The minimum absolute atomic E-state index is 0.599. The lowest BCUT2D eigenvalue weighted by Crippen LogP contribution is -2.40. The average Bonchev–Trinajstić information content (AvgIpc) is 2.87. The topological polar surface area (TPSA) is 54.2 Å². The van der Waals surface area contributed by atoms with Crippen molar-refractivity contribution in [3.63, 3.8) is 0 Å². The second kappa shape index (κ2) is 7.60. The highest BCUT2D eigenvalue weighted by Crippen LogP contribution is 2.19. The highest BCUT2D eigenvalue weighted by molar-refractivity contribution is 4.92. The first kappa shape index (κ1) is 14.5. The zero-order chi connectivity index (χ0) is 13.5. The lowest BCUT2D eigenvalue weighted by molar-refractivity contribution is 0.153. The Morgan fingerprint density at radius 1 is 1.42 bits per heavy atom. The molecule has 1 aliphatic heterocycles. The maximum atomic E-state index is 5.31. The van der Waals surface area contributed by atoms with Crippen LogP contribution in [0.1, 0.15) is 44.3 Å². The molecule has 1 fully saturated rings. The average molecular weight is 266 g/mol. The smallest absolute Gasteiger partial charge is 0.226 e. The predicted octanol–water partition coefficient (Wildman–Crippen LogP) is 1.64. The van der Waals surface area contributed by atoms with Gasteiger partial charge in [-0.15, -0.1) is 0 Å². The van der Waals surface area contributed by atoms with E-state index in [1.807, 2.05) is 7.05 Å². The van der Waals surface area contributed by atoms with Gasteiger partial charge in [-0.3, -0.25) is 0 Å². The van der Waals surface area contributed by atoms with Gasteiger partial charge in [-0.05, 0) is 45.9 Å². The quantitative estimate of drug-likeness (QED) is 0.760. The van der Waals surface area contributed by atoms with E-state index in [9.17, 15) is 0 Å². The zero-order valence-electron chi connectivity index (χ0n) is 12.2. The first-order valence-electron chi connectivity index (χ1n) is 7.53. The molecule has 1 aliphatic rings. The van der Waals surface area contributed by atoms with Crippen molar-refractivity contribution >= 4 is 0 Å². The summed E-state index contributed by atoms with van der Waals surface area (Å²) < 4.78 is 5.31. The predicted molar refractivity (Wildman–Crippen MR) is 75.1 cm³/mol. The van der Waals surface area contributed by atoms with E-state index in [4.69, 9.17) is 4.52 Å². The van der Waals surface area contributed by atoms with Gasteiger partial charge in [0.25, 0.3) is 0 Å².